The molecule has 0 aromatic heterocycles. The van der Waals surface area contributed by atoms with Gasteiger partial charge in [-0.25, -0.2) is 0 Å². The summed E-state index contributed by atoms with van der Waals surface area (Å²) in [4.78, 5) is 1.17. The maximum atomic E-state index is 6.53. The summed E-state index contributed by atoms with van der Waals surface area (Å²) in [5.41, 5.74) is 2.20. The van der Waals surface area contributed by atoms with Crippen molar-refractivity contribution in [3.8, 4) is 5.75 Å². The second-order valence-electron chi connectivity index (χ2n) is 8.36. The van der Waals surface area contributed by atoms with E-state index in [4.69, 9.17) is 23.7 Å². The van der Waals surface area contributed by atoms with Crippen molar-refractivity contribution in [2.75, 3.05) is 20.4 Å². The van der Waals surface area contributed by atoms with E-state index in [1.54, 1.807) is 18.9 Å². The standard InChI is InChI=1S/C24H32O5P2S/c1-15-5-11-19(12-6-15)32-23-22(26-13-17-7-9-18(25-3)10-8-17)16(2)21-20(28-23)14-27-24(29-21)31(4)30/h5-12,16,20-24H,13-14,30H2,1-4H3. The van der Waals surface area contributed by atoms with E-state index in [-0.39, 0.29) is 35.7 Å². The average Bonchev–Trinajstić information content (AvgIpc) is 2.80. The van der Waals surface area contributed by atoms with Crippen LogP contribution in [0.4, 0.5) is 0 Å². The molecule has 0 N–H and O–H groups in total. The molecule has 0 aliphatic carbocycles. The van der Waals surface area contributed by atoms with Crippen LogP contribution in [-0.2, 0) is 25.6 Å². The topological polar surface area (TPSA) is 46.2 Å². The SMILES string of the molecule is COc1ccc(COC2C(Sc3ccc(C)cc3)OC3COC(P(C)P)OC3C2C)cc1. The van der Waals surface area contributed by atoms with Gasteiger partial charge in [0.15, 0.2) is 6.03 Å². The fourth-order valence-electron chi connectivity index (χ4n) is 4.00. The van der Waals surface area contributed by atoms with Crippen LogP contribution in [0.1, 0.15) is 18.1 Å². The molecule has 0 saturated carbocycles. The molecule has 8 atom stereocenters. The fraction of sp³-hybridized carbons (Fsp3) is 0.500. The minimum absolute atomic E-state index is 0.0463. The van der Waals surface area contributed by atoms with E-state index in [1.165, 1.54) is 10.5 Å². The lowest BCUT2D eigenvalue weighted by molar-refractivity contribution is -0.284. The van der Waals surface area contributed by atoms with Crippen LogP contribution in [0.15, 0.2) is 53.4 Å². The molecule has 4 rings (SSSR count). The van der Waals surface area contributed by atoms with Crippen LogP contribution >= 0.6 is 28.3 Å². The summed E-state index contributed by atoms with van der Waals surface area (Å²) in [6.07, 6.45) is -0.254. The normalized spacial score (nSPS) is 31.0. The Morgan fingerprint density at radius 2 is 1.81 bits per heavy atom. The zero-order valence-corrected chi connectivity index (χ0v) is 21.8. The monoisotopic (exact) mass is 494 g/mol. The summed E-state index contributed by atoms with van der Waals surface area (Å²) in [6, 6.07) is 16.4. The Bertz CT molecular complexity index is 864. The Balaban J connectivity index is 1.51. The van der Waals surface area contributed by atoms with E-state index in [2.05, 4.69) is 53.7 Å². The van der Waals surface area contributed by atoms with Crippen molar-refractivity contribution < 1.29 is 23.7 Å². The first-order valence-electron chi connectivity index (χ1n) is 10.8. The highest BCUT2D eigenvalue weighted by molar-refractivity contribution is 8.13. The highest BCUT2D eigenvalue weighted by Gasteiger charge is 2.49. The third kappa shape index (κ3) is 5.85. The average molecular weight is 495 g/mol. The maximum absolute atomic E-state index is 6.53. The summed E-state index contributed by atoms with van der Waals surface area (Å²) in [6.45, 7) is 7.52. The number of aryl methyl sites for hydroxylation is 1. The molecular formula is C24H32O5P2S. The summed E-state index contributed by atoms with van der Waals surface area (Å²) >= 11 is 1.71. The summed E-state index contributed by atoms with van der Waals surface area (Å²) in [7, 11) is 4.08. The van der Waals surface area contributed by atoms with Crippen LogP contribution in [0.5, 0.6) is 5.75 Å². The number of hydrogen-bond donors (Lipinski definition) is 0. The number of benzene rings is 2. The first-order chi connectivity index (χ1) is 15.4. The zero-order valence-electron chi connectivity index (χ0n) is 19.0. The lowest BCUT2D eigenvalue weighted by atomic mass is 9.91. The van der Waals surface area contributed by atoms with E-state index < -0.39 is 7.61 Å². The second-order valence-corrected chi connectivity index (χ2v) is 13.7. The Morgan fingerprint density at radius 3 is 2.47 bits per heavy atom. The third-order valence-electron chi connectivity index (χ3n) is 5.86. The number of methoxy groups -OCH3 is 1. The van der Waals surface area contributed by atoms with Gasteiger partial charge in [0.25, 0.3) is 0 Å². The van der Waals surface area contributed by atoms with Gasteiger partial charge in [-0.3, -0.25) is 0 Å². The largest absolute Gasteiger partial charge is 0.497 e. The molecule has 0 amide bonds. The predicted molar refractivity (Wildman–Crippen MR) is 134 cm³/mol. The van der Waals surface area contributed by atoms with Crippen molar-refractivity contribution in [2.45, 2.75) is 55.1 Å². The van der Waals surface area contributed by atoms with Crippen LogP contribution in [-0.4, -0.2) is 50.2 Å². The molecule has 174 valence electrons. The number of rotatable bonds is 7. The second kappa shape index (κ2) is 11.1. The molecule has 2 fully saturated rings. The van der Waals surface area contributed by atoms with Crippen molar-refractivity contribution in [3.63, 3.8) is 0 Å². The van der Waals surface area contributed by atoms with E-state index in [1.807, 2.05) is 24.3 Å². The predicted octanol–water partition coefficient (Wildman–Crippen LogP) is 5.64. The van der Waals surface area contributed by atoms with Gasteiger partial charge in [-0.1, -0.05) is 48.5 Å². The van der Waals surface area contributed by atoms with Crippen molar-refractivity contribution in [1.29, 1.82) is 0 Å². The van der Waals surface area contributed by atoms with Crippen LogP contribution in [0.3, 0.4) is 0 Å². The van der Waals surface area contributed by atoms with E-state index in [0.29, 0.717) is 13.2 Å². The number of fused-ring (bicyclic) bond motifs is 1. The molecule has 2 aromatic carbocycles. The quantitative estimate of drug-likeness (QED) is 0.464. The highest BCUT2D eigenvalue weighted by atomic mass is 32.2. The molecule has 8 unspecified atom stereocenters. The molecule has 0 spiro atoms. The molecule has 2 aliphatic rings. The minimum Gasteiger partial charge on any atom is -0.497 e. The Kier molecular flexibility index (Phi) is 8.50. The third-order valence-corrected chi connectivity index (χ3v) is 8.69. The van der Waals surface area contributed by atoms with Gasteiger partial charge < -0.3 is 23.7 Å². The molecule has 2 saturated heterocycles. The fourth-order valence-corrected chi connectivity index (χ4v) is 6.34. The molecular weight excluding hydrogens is 462 g/mol. The molecule has 5 nitrogen and oxygen atoms in total. The van der Waals surface area contributed by atoms with Gasteiger partial charge in [0.05, 0.1) is 32.5 Å². The maximum Gasteiger partial charge on any atom is 0.179 e. The number of thioether (sulfide) groups is 1. The van der Waals surface area contributed by atoms with Crippen LogP contribution in [0.25, 0.3) is 0 Å². The molecule has 0 bridgehead atoms. The van der Waals surface area contributed by atoms with Crippen LogP contribution < -0.4 is 4.74 Å². The molecule has 2 aliphatic heterocycles. The zero-order chi connectivity index (χ0) is 22.7. The minimum atomic E-state index is -0.428. The lowest BCUT2D eigenvalue weighted by Crippen LogP contribution is -2.58. The Labute approximate surface area is 198 Å². The first-order valence-corrected chi connectivity index (χ1v) is 15.2. The van der Waals surface area contributed by atoms with Crippen LogP contribution in [0.2, 0.25) is 0 Å². The van der Waals surface area contributed by atoms with Crippen molar-refractivity contribution in [1.82, 2.24) is 0 Å². The lowest BCUT2D eigenvalue weighted by Gasteiger charge is -2.49. The van der Waals surface area contributed by atoms with Gasteiger partial charge in [0.1, 0.15) is 17.3 Å². The smallest absolute Gasteiger partial charge is 0.179 e. The molecule has 2 aromatic rings. The van der Waals surface area contributed by atoms with E-state index in [9.17, 15) is 0 Å². The van der Waals surface area contributed by atoms with Crippen molar-refractivity contribution in [2.24, 2.45) is 5.92 Å². The molecule has 0 radical (unpaired) electrons. The first kappa shape index (κ1) is 24.4. The van der Waals surface area contributed by atoms with Gasteiger partial charge in [-0.05, 0) is 51.0 Å². The van der Waals surface area contributed by atoms with Crippen molar-refractivity contribution in [3.05, 3.63) is 59.7 Å². The van der Waals surface area contributed by atoms with Gasteiger partial charge in [-0.2, -0.15) is 0 Å². The highest BCUT2D eigenvalue weighted by Crippen LogP contribution is 2.50. The Morgan fingerprint density at radius 1 is 1.09 bits per heavy atom. The summed E-state index contributed by atoms with van der Waals surface area (Å²) in [5, 5.41) is 0. The van der Waals surface area contributed by atoms with E-state index >= 15 is 0 Å². The summed E-state index contributed by atoms with van der Waals surface area (Å²) < 4.78 is 30.6. The molecule has 32 heavy (non-hydrogen) atoms. The molecule has 2 heterocycles. The van der Waals surface area contributed by atoms with Crippen molar-refractivity contribution >= 4 is 28.3 Å². The molecule has 8 heteroatoms. The Hall–Kier alpha value is -0.710. The van der Waals surface area contributed by atoms with Gasteiger partial charge in [-0.15, -0.1) is 8.93 Å². The van der Waals surface area contributed by atoms with Gasteiger partial charge in [0, 0.05) is 10.8 Å². The van der Waals surface area contributed by atoms with Gasteiger partial charge in [0.2, 0.25) is 0 Å². The van der Waals surface area contributed by atoms with Crippen LogP contribution in [0, 0.1) is 12.8 Å². The van der Waals surface area contributed by atoms with Gasteiger partial charge >= 0.3 is 0 Å². The van der Waals surface area contributed by atoms with E-state index in [0.717, 1.165) is 11.3 Å². The number of hydrogen-bond acceptors (Lipinski definition) is 6. The summed E-state index contributed by atoms with van der Waals surface area (Å²) in [5.74, 6) is 1.01. The number of ether oxygens (including phenoxy) is 5.